The lowest BCUT2D eigenvalue weighted by Gasteiger charge is -2.19. The summed E-state index contributed by atoms with van der Waals surface area (Å²) in [6.45, 7) is 1.17. The van der Waals surface area contributed by atoms with Crippen molar-refractivity contribution in [1.82, 2.24) is 0 Å². The monoisotopic (exact) mass is 331 g/mol. The molecule has 1 aromatic heterocycles. The van der Waals surface area contributed by atoms with Crippen molar-refractivity contribution in [3.63, 3.8) is 0 Å². The zero-order chi connectivity index (χ0) is 14.9. The van der Waals surface area contributed by atoms with Crippen molar-refractivity contribution in [3.8, 4) is 5.75 Å². The summed E-state index contributed by atoms with van der Waals surface area (Å²) < 4.78 is 26.6. The second-order valence-corrected chi connectivity index (χ2v) is 5.41. The van der Waals surface area contributed by atoms with Crippen molar-refractivity contribution in [3.05, 3.63) is 71.8 Å². The van der Waals surface area contributed by atoms with Gasteiger partial charge in [0, 0.05) is 17.0 Å². The molecule has 118 valence electrons. The molecule has 0 saturated carbocycles. The third kappa shape index (κ3) is 3.14. The van der Waals surface area contributed by atoms with Crippen molar-refractivity contribution in [2.45, 2.75) is 13.2 Å². The summed E-state index contributed by atoms with van der Waals surface area (Å²) in [5.74, 6) is 0.484. The number of halogens is 2. The topological polar surface area (TPSA) is 22.3 Å². The van der Waals surface area contributed by atoms with Gasteiger partial charge in [0.25, 0.3) is 0 Å². The van der Waals surface area contributed by atoms with Crippen LogP contribution in [-0.4, -0.2) is 6.79 Å². The number of pyridine rings is 1. The third-order valence-corrected chi connectivity index (χ3v) is 3.85. The molecule has 0 amide bonds. The molecule has 23 heavy (non-hydrogen) atoms. The van der Waals surface area contributed by atoms with E-state index < -0.39 is 0 Å². The van der Waals surface area contributed by atoms with Crippen molar-refractivity contribution in [2.24, 2.45) is 0 Å². The highest BCUT2D eigenvalue weighted by atomic mass is 35.5. The van der Waals surface area contributed by atoms with Crippen molar-refractivity contribution in [2.75, 3.05) is 6.79 Å². The molecule has 2 heterocycles. The van der Waals surface area contributed by atoms with Gasteiger partial charge in [0.15, 0.2) is 25.7 Å². The average Bonchev–Trinajstić information content (AvgIpc) is 2.54. The molecule has 1 aliphatic heterocycles. The summed E-state index contributed by atoms with van der Waals surface area (Å²) in [4.78, 5) is 0. The van der Waals surface area contributed by atoms with Crippen LogP contribution in [0.4, 0.5) is 4.39 Å². The summed E-state index contributed by atoms with van der Waals surface area (Å²) in [7, 11) is 0. The van der Waals surface area contributed by atoms with Crippen LogP contribution in [0.25, 0.3) is 10.8 Å². The second-order valence-electron chi connectivity index (χ2n) is 5.41. The number of rotatable bonds is 2. The minimum atomic E-state index is -0.260. The Morgan fingerprint density at radius 3 is 2.78 bits per heavy atom. The Hall–Kier alpha value is -2.17. The summed E-state index contributed by atoms with van der Waals surface area (Å²) in [5, 5.41) is 2.34. The molecular formula is C18H15ClFNO2. The fraction of sp³-hybridized carbons (Fsp3) is 0.167. The normalized spacial score (nSPS) is 13.1. The van der Waals surface area contributed by atoms with Gasteiger partial charge in [-0.1, -0.05) is 18.2 Å². The maximum Gasteiger partial charge on any atom is 0.189 e. The van der Waals surface area contributed by atoms with Gasteiger partial charge in [-0.05, 0) is 23.6 Å². The van der Waals surface area contributed by atoms with Crippen LogP contribution < -0.4 is 21.7 Å². The molecule has 3 nitrogen and oxygen atoms in total. The van der Waals surface area contributed by atoms with Gasteiger partial charge in [0.1, 0.15) is 11.6 Å². The van der Waals surface area contributed by atoms with Crippen LogP contribution in [-0.2, 0) is 17.9 Å². The van der Waals surface area contributed by atoms with E-state index in [1.807, 2.05) is 22.9 Å². The van der Waals surface area contributed by atoms with Gasteiger partial charge < -0.3 is 21.9 Å². The fourth-order valence-electron chi connectivity index (χ4n) is 2.85. The van der Waals surface area contributed by atoms with Crippen LogP contribution >= 0.6 is 0 Å². The Bertz CT molecular complexity index is 854. The van der Waals surface area contributed by atoms with Crippen LogP contribution in [0.15, 0.2) is 54.9 Å². The number of aromatic nitrogens is 1. The average molecular weight is 332 g/mol. The number of benzene rings is 2. The first-order chi connectivity index (χ1) is 10.8. The van der Waals surface area contributed by atoms with E-state index in [9.17, 15) is 4.39 Å². The molecule has 0 aliphatic carbocycles. The molecule has 3 aromatic rings. The smallest absolute Gasteiger partial charge is 0.189 e. The number of ether oxygens (including phenoxy) is 2. The third-order valence-electron chi connectivity index (χ3n) is 3.85. The highest BCUT2D eigenvalue weighted by Gasteiger charge is 2.19. The molecule has 0 fully saturated rings. The van der Waals surface area contributed by atoms with E-state index in [4.69, 9.17) is 9.47 Å². The first-order valence-corrected chi connectivity index (χ1v) is 7.19. The predicted molar refractivity (Wildman–Crippen MR) is 79.9 cm³/mol. The SMILES string of the molecule is Fc1cc2c(c(C[n+]3ccc4ccccc4c3)c1)OCOC2.[Cl-]. The summed E-state index contributed by atoms with van der Waals surface area (Å²) in [5.41, 5.74) is 1.60. The fourth-order valence-corrected chi connectivity index (χ4v) is 2.85. The van der Waals surface area contributed by atoms with Gasteiger partial charge in [0.05, 0.1) is 12.2 Å². The summed E-state index contributed by atoms with van der Waals surface area (Å²) >= 11 is 0. The molecule has 0 saturated heterocycles. The Labute approximate surface area is 139 Å². The minimum Gasteiger partial charge on any atom is -1.00 e. The molecule has 0 bridgehead atoms. The van der Waals surface area contributed by atoms with Crippen LogP contribution in [0.1, 0.15) is 11.1 Å². The molecule has 0 unspecified atom stereocenters. The molecular weight excluding hydrogens is 317 g/mol. The Morgan fingerprint density at radius 2 is 1.91 bits per heavy atom. The van der Waals surface area contributed by atoms with Crippen LogP contribution in [0.3, 0.4) is 0 Å². The molecule has 2 aromatic carbocycles. The molecule has 4 rings (SSSR count). The minimum absolute atomic E-state index is 0. The zero-order valence-corrected chi connectivity index (χ0v) is 13.1. The summed E-state index contributed by atoms with van der Waals surface area (Å²) in [6.07, 6.45) is 4.06. The van der Waals surface area contributed by atoms with E-state index in [-0.39, 0.29) is 25.0 Å². The van der Waals surface area contributed by atoms with E-state index in [1.165, 1.54) is 17.5 Å². The van der Waals surface area contributed by atoms with Crippen LogP contribution in [0.5, 0.6) is 5.75 Å². The van der Waals surface area contributed by atoms with E-state index in [1.54, 1.807) is 0 Å². The number of fused-ring (bicyclic) bond motifs is 2. The van der Waals surface area contributed by atoms with Gasteiger partial charge in [-0.2, -0.15) is 4.57 Å². The van der Waals surface area contributed by atoms with Gasteiger partial charge >= 0.3 is 0 Å². The second kappa shape index (κ2) is 6.52. The number of nitrogens with zero attached hydrogens (tertiary/aromatic N) is 1. The molecule has 1 aliphatic rings. The Morgan fingerprint density at radius 1 is 1.09 bits per heavy atom. The predicted octanol–water partition coefficient (Wildman–Crippen LogP) is 0.185. The Balaban J connectivity index is 0.00000156. The van der Waals surface area contributed by atoms with Gasteiger partial charge in [-0.15, -0.1) is 0 Å². The van der Waals surface area contributed by atoms with Crippen LogP contribution in [0.2, 0.25) is 0 Å². The van der Waals surface area contributed by atoms with Gasteiger partial charge in [-0.25, -0.2) is 4.39 Å². The van der Waals surface area contributed by atoms with Gasteiger partial charge in [-0.3, -0.25) is 0 Å². The summed E-state index contributed by atoms with van der Waals surface area (Å²) in [6, 6.07) is 13.2. The Kier molecular flexibility index (Phi) is 4.46. The van der Waals surface area contributed by atoms with E-state index >= 15 is 0 Å². The van der Waals surface area contributed by atoms with Crippen molar-refractivity contribution >= 4 is 10.8 Å². The first-order valence-electron chi connectivity index (χ1n) is 7.19. The highest BCUT2D eigenvalue weighted by molar-refractivity contribution is 5.80. The zero-order valence-electron chi connectivity index (χ0n) is 12.3. The van der Waals surface area contributed by atoms with Crippen LogP contribution in [0, 0.1) is 5.82 Å². The largest absolute Gasteiger partial charge is 1.00 e. The lowest BCUT2D eigenvalue weighted by atomic mass is 10.1. The van der Waals surface area contributed by atoms with Gasteiger partial charge in [0.2, 0.25) is 0 Å². The number of hydrogen-bond donors (Lipinski definition) is 0. The van der Waals surface area contributed by atoms with Crippen molar-refractivity contribution in [1.29, 1.82) is 0 Å². The standard InChI is InChI=1S/C18H15FNO2.ClH/c19-17-7-15(18-16(8-17)11-21-12-22-18)10-20-6-5-13-3-1-2-4-14(13)9-20;/h1-9H,10-12H2;1H/q+1;/p-1. The first kappa shape index (κ1) is 15.7. The molecule has 5 heteroatoms. The maximum atomic E-state index is 13.8. The van der Waals surface area contributed by atoms with E-state index in [0.717, 1.165) is 22.3 Å². The molecule has 0 radical (unpaired) electrons. The lowest BCUT2D eigenvalue weighted by Crippen LogP contribution is -3.00. The lowest BCUT2D eigenvalue weighted by molar-refractivity contribution is -0.687. The maximum absolute atomic E-state index is 13.8. The van der Waals surface area contributed by atoms with E-state index in [0.29, 0.717) is 13.2 Å². The van der Waals surface area contributed by atoms with Crippen molar-refractivity contribution < 1.29 is 30.8 Å². The highest BCUT2D eigenvalue weighted by Crippen LogP contribution is 2.29. The molecule has 0 N–H and O–H groups in total. The molecule has 0 atom stereocenters. The van der Waals surface area contributed by atoms with E-state index in [2.05, 4.69) is 24.4 Å². The molecule has 0 spiro atoms. The quantitative estimate of drug-likeness (QED) is 0.625. The number of hydrogen-bond acceptors (Lipinski definition) is 2.